The van der Waals surface area contributed by atoms with Gasteiger partial charge in [-0.05, 0) is 25.1 Å². The highest BCUT2D eigenvalue weighted by atomic mass is 32.2. The third-order valence-electron chi connectivity index (χ3n) is 5.41. The monoisotopic (exact) mass is 435 g/mol. The quantitative estimate of drug-likeness (QED) is 0.783. The number of nitrogens with zero attached hydrogens (tertiary/aromatic N) is 3. The first-order valence-electron chi connectivity index (χ1n) is 9.59. The number of pyridine rings is 1. The Morgan fingerprint density at radius 1 is 1.13 bits per heavy atom. The summed E-state index contributed by atoms with van der Waals surface area (Å²) in [4.78, 5) is 19.2. The maximum absolute atomic E-state index is 14.9. The number of hydrogen-bond acceptors (Lipinski definition) is 7. The van der Waals surface area contributed by atoms with Gasteiger partial charge in [-0.1, -0.05) is 12.1 Å². The van der Waals surface area contributed by atoms with Crippen molar-refractivity contribution in [1.29, 1.82) is 0 Å². The van der Waals surface area contributed by atoms with Crippen LogP contribution in [0, 0.1) is 12.7 Å². The average molecular weight is 435 g/mol. The van der Waals surface area contributed by atoms with Gasteiger partial charge in [-0.25, -0.2) is 22.6 Å². The van der Waals surface area contributed by atoms with Crippen molar-refractivity contribution in [3.05, 3.63) is 47.4 Å². The molecule has 3 heterocycles. The fourth-order valence-electron chi connectivity index (χ4n) is 3.67. The molecule has 10 heteroatoms. The van der Waals surface area contributed by atoms with Crippen LogP contribution in [0.15, 0.2) is 30.3 Å². The van der Waals surface area contributed by atoms with Crippen LogP contribution < -0.4 is 4.90 Å². The molecule has 0 saturated carbocycles. The Morgan fingerprint density at radius 3 is 2.43 bits per heavy atom. The van der Waals surface area contributed by atoms with Crippen LogP contribution in [0.2, 0.25) is 0 Å². The van der Waals surface area contributed by atoms with Gasteiger partial charge in [0.15, 0.2) is 16.1 Å². The van der Waals surface area contributed by atoms with Gasteiger partial charge in [-0.2, -0.15) is 0 Å². The number of rotatable bonds is 4. The maximum atomic E-state index is 14.9. The second-order valence-corrected chi connectivity index (χ2v) is 9.67. The van der Waals surface area contributed by atoms with Crippen molar-refractivity contribution < 1.29 is 27.4 Å². The second kappa shape index (κ2) is 7.84. The van der Waals surface area contributed by atoms with Crippen LogP contribution in [0.5, 0.6) is 0 Å². The maximum Gasteiger partial charge on any atom is 0.412 e. The third kappa shape index (κ3) is 3.97. The lowest BCUT2D eigenvalue weighted by atomic mass is 10.0. The molecular weight excluding hydrogens is 413 g/mol. The molecule has 1 aromatic heterocycles. The van der Waals surface area contributed by atoms with Gasteiger partial charge >= 0.3 is 6.09 Å². The molecule has 1 atom stereocenters. The van der Waals surface area contributed by atoms with Gasteiger partial charge in [0.05, 0.1) is 18.1 Å². The highest BCUT2D eigenvalue weighted by Crippen LogP contribution is 2.30. The number of ether oxygens (including phenoxy) is 1. The summed E-state index contributed by atoms with van der Waals surface area (Å²) in [6.45, 7) is 2.96. The van der Waals surface area contributed by atoms with E-state index in [-0.39, 0.29) is 30.2 Å². The van der Waals surface area contributed by atoms with E-state index in [0.29, 0.717) is 35.7 Å². The Bertz CT molecular complexity index is 1080. The van der Waals surface area contributed by atoms with Crippen molar-refractivity contribution >= 4 is 21.7 Å². The van der Waals surface area contributed by atoms with Crippen LogP contribution in [0.3, 0.4) is 0 Å². The third-order valence-corrected chi connectivity index (χ3v) is 7.02. The number of hydrogen-bond donors (Lipinski definition) is 1. The summed E-state index contributed by atoms with van der Waals surface area (Å²) in [6, 6.07) is 7.83. The fourth-order valence-corrected chi connectivity index (χ4v) is 4.87. The molecule has 30 heavy (non-hydrogen) atoms. The molecule has 2 fully saturated rings. The van der Waals surface area contributed by atoms with E-state index in [9.17, 15) is 22.7 Å². The summed E-state index contributed by atoms with van der Waals surface area (Å²) in [5.41, 5.74) is 1.79. The van der Waals surface area contributed by atoms with Crippen molar-refractivity contribution in [1.82, 2.24) is 9.88 Å². The first kappa shape index (κ1) is 20.5. The number of halogens is 1. The number of carbonyl (C=O) groups excluding carboxylic acids is 1. The van der Waals surface area contributed by atoms with Crippen LogP contribution in [-0.2, 0) is 14.6 Å². The molecule has 2 saturated heterocycles. The molecule has 0 bridgehead atoms. The topological polar surface area (TPSA) is 100 Å². The Hall–Kier alpha value is -2.72. The lowest BCUT2D eigenvalue weighted by Gasteiger charge is -2.28. The highest BCUT2D eigenvalue weighted by Gasteiger charge is 2.30. The van der Waals surface area contributed by atoms with E-state index in [2.05, 4.69) is 4.98 Å². The number of amides is 1. The number of aromatic nitrogens is 1. The molecule has 0 unspecified atom stereocenters. The first-order chi connectivity index (χ1) is 14.2. The number of aryl methyl sites for hydroxylation is 1. The van der Waals surface area contributed by atoms with Crippen LogP contribution in [0.1, 0.15) is 17.5 Å². The number of aliphatic hydroxyl groups is 1. The van der Waals surface area contributed by atoms with Crippen molar-refractivity contribution in [2.75, 3.05) is 42.6 Å². The lowest BCUT2D eigenvalue weighted by Crippen LogP contribution is -2.40. The molecule has 0 aliphatic carbocycles. The van der Waals surface area contributed by atoms with E-state index in [1.807, 2.05) is 4.90 Å². The molecule has 2 aliphatic heterocycles. The van der Waals surface area contributed by atoms with Gasteiger partial charge in [-0.15, -0.1) is 0 Å². The Kier molecular flexibility index (Phi) is 5.37. The smallest absolute Gasteiger partial charge is 0.412 e. The minimum atomic E-state index is -2.98. The minimum Gasteiger partial charge on any atom is -0.447 e. The molecule has 1 aromatic carbocycles. The molecule has 8 nitrogen and oxygen atoms in total. The molecule has 2 aliphatic rings. The van der Waals surface area contributed by atoms with Crippen molar-refractivity contribution in [2.45, 2.75) is 13.2 Å². The molecule has 1 N–H and O–H groups in total. The molecule has 1 amide bonds. The predicted octanol–water partition coefficient (Wildman–Crippen LogP) is 1.87. The molecule has 4 rings (SSSR count). The second-order valence-electron chi connectivity index (χ2n) is 7.36. The number of anilines is 1. The van der Waals surface area contributed by atoms with Crippen molar-refractivity contribution in [2.24, 2.45) is 0 Å². The Labute approximate surface area is 173 Å². The summed E-state index contributed by atoms with van der Waals surface area (Å²) in [7, 11) is -2.98. The minimum absolute atomic E-state index is 0.0957. The summed E-state index contributed by atoms with van der Waals surface area (Å²) in [6.07, 6.45) is -1.91. The van der Waals surface area contributed by atoms with Gasteiger partial charge in [0.1, 0.15) is 18.2 Å². The van der Waals surface area contributed by atoms with E-state index >= 15 is 0 Å². The summed E-state index contributed by atoms with van der Waals surface area (Å²) in [5.74, 6) is 0.309. The number of aliphatic hydroxyl groups excluding tert-OH is 1. The van der Waals surface area contributed by atoms with Crippen LogP contribution >= 0.6 is 0 Å². The van der Waals surface area contributed by atoms with Crippen molar-refractivity contribution in [3.8, 4) is 11.1 Å². The van der Waals surface area contributed by atoms with Gasteiger partial charge < -0.3 is 14.7 Å². The number of carbonyl (C=O) groups is 1. The number of benzene rings is 1. The normalized spacial score (nSPS) is 19.6. The van der Waals surface area contributed by atoms with E-state index in [0.717, 1.165) is 4.90 Å². The molecule has 0 spiro atoms. The standard InChI is InChI=1S/C20H22FN3O5S/c1-13-15(4-5-18(22-13)23-7-10-30(27,28)11-8-23)16-3-2-14(12-17(16)21)19(25)24-6-9-29-20(24)26/h2-5,12,19,25H,6-11H2,1H3/t19-/m0/s1. The van der Waals surface area contributed by atoms with Crippen LogP contribution in [0.4, 0.5) is 15.0 Å². The molecule has 2 aromatic rings. The highest BCUT2D eigenvalue weighted by molar-refractivity contribution is 7.91. The van der Waals surface area contributed by atoms with E-state index in [4.69, 9.17) is 4.74 Å². The van der Waals surface area contributed by atoms with Crippen molar-refractivity contribution in [3.63, 3.8) is 0 Å². The SMILES string of the molecule is Cc1nc(N2CCS(=O)(=O)CC2)ccc1-c1ccc([C@H](O)N2CCOC2=O)cc1F. The zero-order valence-electron chi connectivity index (χ0n) is 16.4. The largest absolute Gasteiger partial charge is 0.447 e. The molecule has 160 valence electrons. The summed E-state index contributed by atoms with van der Waals surface area (Å²) < 4.78 is 42.9. The van der Waals surface area contributed by atoms with Gasteiger partial charge in [-0.3, -0.25) is 4.90 Å². The van der Waals surface area contributed by atoms with Gasteiger partial charge in [0, 0.05) is 35.5 Å². The first-order valence-corrected chi connectivity index (χ1v) is 11.4. The number of sulfone groups is 1. The van der Waals surface area contributed by atoms with Gasteiger partial charge in [0.25, 0.3) is 0 Å². The predicted molar refractivity (Wildman–Crippen MR) is 108 cm³/mol. The number of cyclic esters (lactones) is 1. The molecular formula is C20H22FN3O5S. The average Bonchev–Trinajstić information content (AvgIpc) is 3.13. The Balaban J connectivity index is 1.56. The fraction of sp³-hybridized carbons (Fsp3) is 0.400. The van der Waals surface area contributed by atoms with E-state index in [1.165, 1.54) is 6.07 Å². The zero-order valence-corrected chi connectivity index (χ0v) is 17.2. The van der Waals surface area contributed by atoms with E-state index in [1.54, 1.807) is 31.2 Å². The Morgan fingerprint density at radius 2 is 1.83 bits per heavy atom. The summed E-state index contributed by atoms with van der Waals surface area (Å²) >= 11 is 0. The van der Waals surface area contributed by atoms with Crippen LogP contribution in [0.25, 0.3) is 11.1 Å². The molecule has 0 radical (unpaired) electrons. The zero-order chi connectivity index (χ0) is 21.5. The van der Waals surface area contributed by atoms with Gasteiger partial charge in [0.2, 0.25) is 0 Å². The lowest BCUT2D eigenvalue weighted by molar-refractivity contribution is 0.0362. The van der Waals surface area contributed by atoms with Crippen LogP contribution in [-0.4, -0.2) is 67.2 Å². The summed E-state index contributed by atoms with van der Waals surface area (Å²) in [5, 5.41) is 10.3. The van der Waals surface area contributed by atoms with E-state index < -0.39 is 28.0 Å².